The van der Waals surface area contributed by atoms with Gasteiger partial charge in [-0.1, -0.05) is 29.8 Å². The standard InChI is InChI=1S/C14H14ClN3O3/c15-12-10-5-1-2-6-11(10)13(17-16-12)21-9-4-3-7-18(8-9)14(19)20/h1-2,5-6,9H,3-4,7-8H2,(H,19,20). The number of nitrogens with zero attached hydrogens (tertiary/aromatic N) is 3. The fourth-order valence-corrected chi connectivity index (χ4v) is 2.70. The van der Waals surface area contributed by atoms with Crippen LogP contribution in [0.25, 0.3) is 10.8 Å². The van der Waals surface area contributed by atoms with Crippen molar-refractivity contribution in [3.63, 3.8) is 0 Å². The van der Waals surface area contributed by atoms with Gasteiger partial charge < -0.3 is 14.7 Å². The number of likely N-dealkylation sites (tertiary alicyclic amines) is 1. The van der Waals surface area contributed by atoms with Crippen LogP contribution in [0.5, 0.6) is 5.88 Å². The molecule has 0 aliphatic carbocycles. The molecule has 1 amide bonds. The van der Waals surface area contributed by atoms with E-state index >= 15 is 0 Å². The van der Waals surface area contributed by atoms with Gasteiger partial charge in [-0.25, -0.2) is 4.79 Å². The molecule has 1 atom stereocenters. The van der Waals surface area contributed by atoms with E-state index in [-0.39, 0.29) is 6.10 Å². The Labute approximate surface area is 126 Å². The second-order valence-electron chi connectivity index (χ2n) is 4.95. The lowest BCUT2D eigenvalue weighted by atomic mass is 10.1. The van der Waals surface area contributed by atoms with Crippen LogP contribution in [0.15, 0.2) is 24.3 Å². The summed E-state index contributed by atoms with van der Waals surface area (Å²) in [6.07, 6.45) is 0.433. The molecule has 2 aromatic rings. The molecule has 110 valence electrons. The van der Waals surface area contributed by atoms with E-state index in [9.17, 15) is 4.79 Å². The van der Waals surface area contributed by atoms with E-state index in [1.807, 2.05) is 24.3 Å². The number of hydrogen-bond acceptors (Lipinski definition) is 4. The van der Waals surface area contributed by atoms with E-state index in [0.717, 1.165) is 23.6 Å². The van der Waals surface area contributed by atoms with Gasteiger partial charge in [0.05, 0.1) is 6.54 Å². The molecule has 1 aliphatic heterocycles. The van der Waals surface area contributed by atoms with Crippen molar-refractivity contribution in [1.29, 1.82) is 0 Å². The third-order valence-corrected chi connectivity index (χ3v) is 3.81. The average Bonchev–Trinajstić information content (AvgIpc) is 2.51. The van der Waals surface area contributed by atoms with Crippen molar-refractivity contribution in [1.82, 2.24) is 15.1 Å². The first-order chi connectivity index (χ1) is 10.1. The van der Waals surface area contributed by atoms with Crippen LogP contribution in [-0.2, 0) is 0 Å². The summed E-state index contributed by atoms with van der Waals surface area (Å²) in [5.41, 5.74) is 0. The maximum Gasteiger partial charge on any atom is 0.407 e. The molecule has 1 aromatic heterocycles. The molecule has 1 N–H and O–H groups in total. The number of hydrogen-bond donors (Lipinski definition) is 1. The second-order valence-corrected chi connectivity index (χ2v) is 5.31. The van der Waals surface area contributed by atoms with Crippen LogP contribution in [0.1, 0.15) is 12.8 Å². The number of piperidine rings is 1. The Bertz CT molecular complexity index is 680. The van der Waals surface area contributed by atoms with Gasteiger partial charge in [0.25, 0.3) is 0 Å². The highest BCUT2D eigenvalue weighted by molar-refractivity contribution is 6.34. The normalized spacial score (nSPS) is 18.7. The third-order valence-electron chi connectivity index (χ3n) is 3.54. The van der Waals surface area contributed by atoms with Crippen molar-refractivity contribution in [3.8, 4) is 5.88 Å². The van der Waals surface area contributed by atoms with Gasteiger partial charge in [0.15, 0.2) is 5.15 Å². The highest BCUT2D eigenvalue weighted by atomic mass is 35.5. The third kappa shape index (κ3) is 2.85. The van der Waals surface area contributed by atoms with Gasteiger partial charge in [0, 0.05) is 17.3 Å². The minimum Gasteiger partial charge on any atom is -0.471 e. The molecular weight excluding hydrogens is 294 g/mol. The van der Waals surface area contributed by atoms with Crippen molar-refractivity contribution in [2.24, 2.45) is 0 Å². The number of rotatable bonds is 2. The van der Waals surface area contributed by atoms with Gasteiger partial charge in [0.2, 0.25) is 5.88 Å². The first-order valence-corrected chi connectivity index (χ1v) is 7.08. The molecule has 1 unspecified atom stereocenters. The zero-order valence-electron chi connectivity index (χ0n) is 11.2. The number of benzene rings is 1. The molecule has 7 heteroatoms. The number of aromatic nitrogens is 2. The lowest BCUT2D eigenvalue weighted by Gasteiger charge is -2.30. The molecule has 1 fully saturated rings. The number of amides is 1. The summed E-state index contributed by atoms with van der Waals surface area (Å²) in [5, 5.41) is 18.8. The van der Waals surface area contributed by atoms with Crippen LogP contribution < -0.4 is 4.74 Å². The van der Waals surface area contributed by atoms with E-state index in [0.29, 0.717) is 24.1 Å². The molecule has 6 nitrogen and oxygen atoms in total. The first-order valence-electron chi connectivity index (χ1n) is 6.70. The van der Waals surface area contributed by atoms with Gasteiger partial charge in [0.1, 0.15) is 6.10 Å². The Balaban J connectivity index is 1.85. The first kappa shape index (κ1) is 13.9. The van der Waals surface area contributed by atoms with Crippen LogP contribution in [0.3, 0.4) is 0 Å². The maximum absolute atomic E-state index is 11.0. The fraction of sp³-hybridized carbons (Fsp3) is 0.357. The van der Waals surface area contributed by atoms with Gasteiger partial charge >= 0.3 is 6.09 Å². The number of carbonyl (C=O) groups is 1. The van der Waals surface area contributed by atoms with Gasteiger partial charge in [-0.2, -0.15) is 0 Å². The van der Waals surface area contributed by atoms with Crippen molar-refractivity contribution in [2.45, 2.75) is 18.9 Å². The topological polar surface area (TPSA) is 75.5 Å². The molecule has 3 rings (SSSR count). The zero-order valence-corrected chi connectivity index (χ0v) is 12.0. The lowest BCUT2D eigenvalue weighted by molar-refractivity contribution is 0.0771. The van der Waals surface area contributed by atoms with Crippen molar-refractivity contribution >= 4 is 28.5 Å². The van der Waals surface area contributed by atoms with E-state index in [1.165, 1.54) is 4.90 Å². The zero-order chi connectivity index (χ0) is 14.8. The van der Waals surface area contributed by atoms with E-state index < -0.39 is 6.09 Å². The van der Waals surface area contributed by atoms with Crippen molar-refractivity contribution in [2.75, 3.05) is 13.1 Å². The Morgan fingerprint density at radius 2 is 2.10 bits per heavy atom. The smallest absolute Gasteiger partial charge is 0.407 e. The molecule has 1 saturated heterocycles. The quantitative estimate of drug-likeness (QED) is 0.923. The Hall–Kier alpha value is -2.08. The van der Waals surface area contributed by atoms with Crippen molar-refractivity contribution in [3.05, 3.63) is 29.4 Å². The largest absolute Gasteiger partial charge is 0.471 e. The van der Waals surface area contributed by atoms with E-state index in [4.69, 9.17) is 21.4 Å². The molecule has 21 heavy (non-hydrogen) atoms. The Kier molecular flexibility index (Phi) is 3.79. The molecule has 0 spiro atoms. The molecule has 2 heterocycles. The molecular formula is C14H14ClN3O3. The summed E-state index contributed by atoms with van der Waals surface area (Å²) < 4.78 is 5.87. The maximum atomic E-state index is 11.0. The molecule has 1 aliphatic rings. The number of carboxylic acid groups (broad SMARTS) is 1. The SMILES string of the molecule is O=C(O)N1CCCC(Oc2nnc(Cl)c3ccccc23)C1. The van der Waals surface area contributed by atoms with Gasteiger partial charge in [-0.05, 0) is 18.9 Å². The van der Waals surface area contributed by atoms with Crippen LogP contribution in [0.2, 0.25) is 5.15 Å². The summed E-state index contributed by atoms with van der Waals surface area (Å²) in [6, 6.07) is 7.46. The summed E-state index contributed by atoms with van der Waals surface area (Å²) in [7, 11) is 0. The predicted octanol–water partition coefficient (Wildman–Crippen LogP) is 2.80. The van der Waals surface area contributed by atoms with Crippen LogP contribution in [-0.4, -0.2) is 45.5 Å². The summed E-state index contributed by atoms with van der Waals surface area (Å²) in [4.78, 5) is 12.4. The number of halogens is 1. The van der Waals surface area contributed by atoms with E-state index in [2.05, 4.69) is 10.2 Å². The monoisotopic (exact) mass is 307 g/mol. The van der Waals surface area contributed by atoms with Gasteiger partial charge in [-0.3, -0.25) is 0 Å². The number of ether oxygens (including phenoxy) is 1. The van der Waals surface area contributed by atoms with E-state index in [1.54, 1.807) is 0 Å². The molecule has 0 radical (unpaired) electrons. The minimum absolute atomic E-state index is 0.214. The Morgan fingerprint density at radius 3 is 2.86 bits per heavy atom. The minimum atomic E-state index is -0.921. The van der Waals surface area contributed by atoms with Crippen molar-refractivity contribution < 1.29 is 14.6 Å². The summed E-state index contributed by atoms with van der Waals surface area (Å²) >= 11 is 6.02. The molecule has 0 bridgehead atoms. The summed E-state index contributed by atoms with van der Waals surface area (Å²) in [6.45, 7) is 0.885. The fourth-order valence-electron chi connectivity index (χ4n) is 2.50. The molecule has 1 aromatic carbocycles. The lowest BCUT2D eigenvalue weighted by Crippen LogP contribution is -2.43. The predicted molar refractivity (Wildman–Crippen MR) is 77.8 cm³/mol. The number of fused-ring (bicyclic) bond motifs is 1. The van der Waals surface area contributed by atoms with Crippen LogP contribution in [0, 0.1) is 0 Å². The average molecular weight is 308 g/mol. The molecule has 0 saturated carbocycles. The summed E-state index contributed by atoms with van der Waals surface area (Å²) in [5.74, 6) is 0.396. The second kappa shape index (κ2) is 5.73. The highest BCUT2D eigenvalue weighted by Crippen LogP contribution is 2.28. The van der Waals surface area contributed by atoms with Gasteiger partial charge in [-0.15, -0.1) is 10.2 Å². The van der Waals surface area contributed by atoms with Crippen LogP contribution >= 0.6 is 11.6 Å². The van der Waals surface area contributed by atoms with Crippen LogP contribution in [0.4, 0.5) is 4.79 Å². The Morgan fingerprint density at radius 1 is 1.33 bits per heavy atom. The highest BCUT2D eigenvalue weighted by Gasteiger charge is 2.25.